The molecule has 0 bridgehead atoms. The van der Waals surface area contributed by atoms with E-state index in [0.717, 1.165) is 10.1 Å². The summed E-state index contributed by atoms with van der Waals surface area (Å²) >= 11 is 1.45. The van der Waals surface area contributed by atoms with Crippen molar-refractivity contribution < 1.29 is 4.39 Å². The topological polar surface area (TPSA) is 0 Å². The molecule has 0 nitrogen and oxygen atoms in total. The van der Waals surface area contributed by atoms with E-state index in [1.54, 1.807) is 5.38 Å². The monoisotopic (exact) mass is 166 g/mol. The average Bonchev–Trinajstić information content (AvgIpc) is 2.32. The van der Waals surface area contributed by atoms with E-state index >= 15 is 0 Å². The van der Waals surface area contributed by atoms with Crippen LogP contribution in [0.25, 0.3) is 10.1 Å². The molecule has 2 rings (SSSR count). The third-order valence-electron chi connectivity index (χ3n) is 1.68. The second-order valence-corrected chi connectivity index (χ2v) is 3.49. The van der Waals surface area contributed by atoms with Gasteiger partial charge in [-0.2, -0.15) is 0 Å². The minimum absolute atomic E-state index is 0.106. The molecule has 1 aromatic carbocycles. The van der Waals surface area contributed by atoms with Crippen LogP contribution in [0.4, 0.5) is 4.39 Å². The third kappa shape index (κ3) is 1.03. The lowest BCUT2D eigenvalue weighted by Gasteiger charge is -1.90. The number of fused-ring (bicyclic) bond motifs is 1. The van der Waals surface area contributed by atoms with E-state index in [1.807, 2.05) is 25.1 Å². The number of benzene rings is 1. The highest BCUT2D eigenvalue weighted by molar-refractivity contribution is 7.17. The molecule has 0 N–H and O–H groups in total. The maximum absolute atomic E-state index is 12.9. The molecular formula is C9H7FS. The van der Waals surface area contributed by atoms with Gasteiger partial charge in [-0.15, -0.1) is 11.3 Å². The first-order chi connectivity index (χ1) is 5.27. The van der Waals surface area contributed by atoms with Crippen LogP contribution in [-0.4, -0.2) is 0 Å². The number of thiophene rings is 1. The fourth-order valence-corrected chi connectivity index (χ4v) is 2.01. The van der Waals surface area contributed by atoms with Gasteiger partial charge in [-0.3, -0.25) is 0 Å². The minimum Gasteiger partial charge on any atom is -0.205 e. The number of aryl methyl sites for hydroxylation is 1. The number of hydrogen-bond acceptors (Lipinski definition) is 1. The molecule has 0 radical (unpaired) electrons. The van der Waals surface area contributed by atoms with Gasteiger partial charge in [0.25, 0.3) is 0 Å². The van der Waals surface area contributed by atoms with Crippen molar-refractivity contribution in [1.29, 1.82) is 0 Å². The molecule has 0 unspecified atom stereocenters. The lowest BCUT2D eigenvalue weighted by molar-refractivity contribution is 0.644. The molecule has 11 heavy (non-hydrogen) atoms. The second kappa shape index (κ2) is 2.31. The molecule has 0 atom stereocenters. The zero-order valence-corrected chi connectivity index (χ0v) is 6.91. The van der Waals surface area contributed by atoms with E-state index < -0.39 is 0 Å². The van der Waals surface area contributed by atoms with Crippen molar-refractivity contribution in [1.82, 2.24) is 0 Å². The molecule has 0 aliphatic heterocycles. The van der Waals surface area contributed by atoms with Crippen LogP contribution < -0.4 is 0 Å². The molecule has 0 aliphatic rings. The summed E-state index contributed by atoms with van der Waals surface area (Å²) < 4.78 is 13.9. The maximum Gasteiger partial charge on any atom is 0.141 e. The fraction of sp³-hybridized carbons (Fsp3) is 0.111. The third-order valence-corrected chi connectivity index (χ3v) is 2.60. The van der Waals surface area contributed by atoms with Crippen molar-refractivity contribution in [2.45, 2.75) is 6.92 Å². The molecule has 2 heteroatoms. The van der Waals surface area contributed by atoms with Crippen LogP contribution in [0.2, 0.25) is 0 Å². The first-order valence-electron chi connectivity index (χ1n) is 3.41. The van der Waals surface area contributed by atoms with Gasteiger partial charge in [0.05, 0.1) is 0 Å². The van der Waals surface area contributed by atoms with E-state index in [9.17, 15) is 4.39 Å². The van der Waals surface area contributed by atoms with E-state index in [2.05, 4.69) is 0 Å². The van der Waals surface area contributed by atoms with Crippen LogP contribution in [0.3, 0.4) is 0 Å². The van der Waals surface area contributed by atoms with Gasteiger partial charge in [-0.1, -0.05) is 12.1 Å². The Balaban J connectivity index is 2.86. The summed E-state index contributed by atoms with van der Waals surface area (Å²) in [5.74, 6) is -0.106. The highest BCUT2D eigenvalue weighted by atomic mass is 32.1. The molecule has 0 spiro atoms. The van der Waals surface area contributed by atoms with Gasteiger partial charge in [-0.05, 0) is 18.6 Å². The van der Waals surface area contributed by atoms with Gasteiger partial charge in [-0.25, -0.2) is 4.39 Å². The lowest BCUT2D eigenvalue weighted by atomic mass is 10.2. The van der Waals surface area contributed by atoms with Gasteiger partial charge < -0.3 is 0 Å². The van der Waals surface area contributed by atoms with Gasteiger partial charge in [0, 0.05) is 15.5 Å². The normalized spacial score (nSPS) is 10.7. The Bertz CT molecular complexity index is 389. The van der Waals surface area contributed by atoms with Gasteiger partial charge in [0.15, 0.2) is 0 Å². The second-order valence-electron chi connectivity index (χ2n) is 2.58. The summed E-state index contributed by atoms with van der Waals surface area (Å²) in [6, 6.07) is 5.76. The Labute approximate surface area is 68.3 Å². The number of halogens is 1. The van der Waals surface area contributed by atoms with E-state index in [1.165, 1.54) is 16.9 Å². The first-order valence-corrected chi connectivity index (χ1v) is 4.29. The van der Waals surface area contributed by atoms with Gasteiger partial charge in [0.2, 0.25) is 0 Å². The maximum atomic E-state index is 12.9. The molecule has 1 aromatic heterocycles. The Morgan fingerprint density at radius 3 is 3.00 bits per heavy atom. The van der Waals surface area contributed by atoms with E-state index in [-0.39, 0.29) is 5.82 Å². The van der Waals surface area contributed by atoms with E-state index in [0.29, 0.717) is 0 Å². The standard InChI is InChI=1S/C9H7FS/c1-6-2-3-7-8(10)5-11-9(7)4-6/h2-5H,1H3. The fourth-order valence-electron chi connectivity index (χ4n) is 1.10. The SMILES string of the molecule is Cc1ccc2c(F)csc2c1. The summed E-state index contributed by atoms with van der Waals surface area (Å²) in [4.78, 5) is 0. The van der Waals surface area contributed by atoms with E-state index in [4.69, 9.17) is 0 Å². The Morgan fingerprint density at radius 1 is 1.36 bits per heavy atom. The largest absolute Gasteiger partial charge is 0.205 e. The Morgan fingerprint density at radius 2 is 2.18 bits per heavy atom. The zero-order chi connectivity index (χ0) is 7.84. The van der Waals surface area contributed by atoms with Crippen LogP contribution in [0.15, 0.2) is 23.6 Å². The Kier molecular flexibility index (Phi) is 1.43. The molecule has 0 fully saturated rings. The zero-order valence-electron chi connectivity index (χ0n) is 6.10. The number of rotatable bonds is 0. The summed E-state index contributed by atoms with van der Waals surface area (Å²) in [5.41, 5.74) is 1.18. The summed E-state index contributed by atoms with van der Waals surface area (Å²) in [5, 5.41) is 2.28. The molecule has 56 valence electrons. The van der Waals surface area contributed by atoms with Crippen molar-refractivity contribution in [3.8, 4) is 0 Å². The van der Waals surface area contributed by atoms with Crippen LogP contribution in [0.5, 0.6) is 0 Å². The molecule has 1 heterocycles. The molecule has 0 amide bonds. The van der Waals surface area contributed by atoms with Crippen LogP contribution in [0.1, 0.15) is 5.56 Å². The van der Waals surface area contributed by atoms with Gasteiger partial charge in [0.1, 0.15) is 5.82 Å². The molecular weight excluding hydrogens is 159 g/mol. The van der Waals surface area contributed by atoms with Gasteiger partial charge >= 0.3 is 0 Å². The molecule has 2 aromatic rings. The summed E-state index contributed by atoms with van der Waals surface area (Å²) in [6.07, 6.45) is 0. The molecule has 0 saturated heterocycles. The van der Waals surface area contributed by atoms with Crippen LogP contribution in [-0.2, 0) is 0 Å². The predicted molar refractivity (Wildman–Crippen MR) is 46.5 cm³/mol. The lowest BCUT2D eigenvalue weighted by Crippen LogP contribution is -1.70. The number of hydrogen-bond donors (Lipinski definition) is 0. The van der Waals surface area contributed by atoms with Crippen molar-refractivity contribution >= 4 is 21.4 Å². The molecule has 0 saturated carbocycles. The first kappa shape index (κ1) is 6.80. The predicted octanol–water partition coefficient (Wildman–Crippen LogP) is 3.35. The van der Waals surface area contributed by atoms with Crippen molar-refractivity contribution in [3.05, 3.63) is 35.0 Å². The quantitative estimate of drug-likeness (QED) is 0.563. The summed E-state index contributed by atoms with van der Waals surface area (Å²) in [6.45, 7) is 2.01. The highest BCUT2D eigenvalue weighted by Crippen LogP contribution is 2.25. The van der Waals surface area contributed by atoms with Crippen LogP contribution in [0, 0.1) is 12.7 Å². The van der Waals surface area contributed by atoms with Crippen molar-refractivity contribution in [2.24, 2.45) is 0 Å². The highest BCUT2D eigenvalue weighted by Gasteiger charge is 2.01. The molecule has 0 aliphatic carbocycles. The average molecular weight is 166 g/mol. The van der Waals surface area contributed by atoms with Crippen molar-refractivity contribution in [3.63, 3.8) is 0 Å². The Hall–Kier alpha value is -0.890. The summed E-state index contributed by atoms with van der Waals surface area (Å²) in [7, 11) is 0. The minimum atomic E-state index is -0.106. The van der Waals surface area contributed by atoms with Crippen LogP contribution >= 0.6 is 11.3 Å². The van der Waals surface area contributed by atoms with Crippen molar-refractivity contribution in [2.75, 3.05) is 0 Å². The smallest absolute Gasteiger partial charge is 0.141 e.